The number of halogens is 1. The molecule has 66 valence electrons. The lowest BCUT2D eigenvalue weighted by molar-refractivity contribution is 0.0594. The molecular formula is C7H9ClN2O2. The van der Waals surface area contributed by atoms with Crippen LogP contribution >= 0.6 is 12.4 Å². The number of nitrogens with two attached hydrogens (primary N) is 1. The number of methoxy groups -OCH3 is 1. The number of anilines is 1. The molecule has 1 rings (SSSR count). The second-order valence-electron chi connectivity index (χ2n) is 1.94. The van der Waals surface area contributed by atoms with Gasteiger partial charge in [-0.3, -0.25) is 0 Å². The van der Waals surface area contributed by atoms with Gasteiger partial charge in [-0.15, -0.1) is 12.4 Å². The molecule has 0 atom stereocenters. The van der Waals surface area contributed by atoms with E-state index in [1.807, 2.05) is 0 Å². The molecule has 0 aromatic carbocycles. The zero-order valence-electron chi connectivity index (χ0n) is 6.48. The lowest BCUT2D eigenvalue weighted by Crippen LogP contribution is -2.05. The van der Waals surface area contributed by atoms with Gasteiger partial charge in [0.2, 0.25) is 0 Å². The molecule has 0 unspecified atom stereocenters. The van der Waals surface area contributed by atoms with E-state index in [1.54, 1.807) is 18.2 Å². The third kappa shape index (κ3) is 2.39. The van der Waals surface area contributed by atoms with Crippen molar-refractivity contribution in [3.05, 3.63) is 23.9 Å². The minimum Gasteiger partial charge on any atom is -0.464 e. The molecule has 0 bridgehead atoms. The fourth-order valence-electron chi connectivity index (χ4n) is 0.670. The molecule has 5 heteroatoms. The average molecular weight is 189 g/mol. The van der Waals surface area contributed by atoms with Gasteiger partial charge in [0.25, 0.3) is 0 Å². The molecule has 0 aliphatic carbocycles. The number of ether oxygens (including phenoxy) is 1. The van der Waals surface area contributed by atoms with Crippen molar-refractivity contribution in [3.8, 4) is 0 Å². The van der Waals surface area contributed by atoms with E-state index < -0.39 is 5.97 Å². The van der Waals surface area contributed by atoms with Gasteiger partial charge >= 0.3 is 5.97 Å². The summed E-state index contributed by atoms with van der Waals surface area (Å²) < 4.78 is 4.43. The van der Waals surface area contributed by atoms with Crippen LogP contribution in [0.5, 0.6) is 0 Å². The normalized spacial score (nSPS) is 8.42. The van der Waals surface area contributed by atoms with E-state index in [2.05, 4.69) is 9.72 Å². The highest BCUT2D eigenvalue weighted by Crippen LogP contribution is 2.00. The Morgan fingerprint density at radius 2 is 2.25 bits per heavy atom. The maximum atomic E-state index is 10.8. The van der Waals surface area contributed by atoms with Crippen LogP contribution in [0, 0.1) is 0 Å². The van der Waals surface area contributed by atoms with E-state index in [9.17, 15) is 4.79 Å². The highest BCUT2D eigenvalue weighted by Gasteiger charge is 2.05. The Morgan fingerprint density at radius 1 is 1.58 bits per heavy atom. The van der Waals surface area contributed by atoms with Gasteiger partial charge < -0.3 is 10.5 Å². The van der Waals surface area contributed by atoms with E-state index in [0.717, 1.165) is 0 Å². The third-order valence-electron chi connectivity index (χ3n) is 1.17. The standard InChI is InChI=1S/C7H8N2O2.ClH/c1-11-7(10)5-3-2-4-6(8)9-5;/h2-4H,1H3,(H2,8,9);1H. The molecule has 1 aromatic heterocycles. The molecule has 0 aliphatic heterocycles. The molecule has 12 heavy (non-hydrogen) atoms. The van der Waals surface area contributed by atoms with Crippen LogP contribution in [0.15, 0.2) is 18.2 Å². The van der Waals surface area contributed by atoms with Crippen LogP contribution in [0.1, 0.15) is 10.5 Å². The smallest absolute Gasteiger partial charge is 0.356 e. The first-order valence-corrected chi connectivity index (χ1v) is 3.05. The average Bonchev–Trinajstić information content (AvgIpc) is 2.03. The first kappa shape index (κ1) is 10.7. The molecule has 0 saturated carbocycles. The summed E-state index contributed by atoms with van der Waals surface area (Å²) in [7, 11) is 1.30. The number of carbonyl (C=O) groups is 1. The van der Waals surface area contributed by atoms with Gasteiger partial charge in [0.1, 0.15) is 5.82 Å². The fourth-order valence-corrected chi connectivity index (χ4v) is 0.670. The third-order valence-corrected chi connectivity index (χ3v) is 1.17. The van der Waals surface area contributed by atoms with E-state index in [-0.39, 0.29) is 18.1 Å². The second-order valence-corrected chi connectivity index (χ2v) is 1.94. The number of carbonyl (C=O) groups excluding carboxylic acids is 1. The Balaban J connectivity index is 0.00000121. The summed E-state index contributed by atoms with van der Waals surface area (Å²) in [6.45, 7) is 0. The van der Waals surface area contributed by atoms with Crippen LogP contribution in [-0.4, -0.2) is 18.1 Å². The summed E-state index contributed by atoms with van der Waals surface area (Å²) in [6.07, 6.45) is 0. The van der Waals surface area contributed by atoms with Gasteiger partial charge in [-0.2, -0.15) is 0 Å². The van der Waals surface area contributed by atoms with Crippen molar-refractivity contribution < 1.29 is 9.53 Å². The van der Waals surface area contributed by atoms with E-state index in [4.69, 9.17) is 5.73 Å². The molecule has 1 aromatic rings. The van der Waals surface area contributed by atoms with Gasteiger partial charge in [0.05, 0.1) is 7.11 Å². The monoisotopic (exact) mass is 188 g/mol. The Morgan fingerprint density at radius 3 is 2.75 bits per heavy atom. The molecular weight excluding hydrogens is 180 g/mol. The van der Waals surface area contributed by atoms with Crippen molar-refractivity contribution in [2.75, 3.05) is 12.8 Å². The number of nitrogens with zero attached hydrogens (tertiary/aromatic N) is 1. The van der Waals surface area contributed by atoms with Crippen LogP contribution in [0.2, 0.25) is 0 Å². The number of hydrogen-bond acceptors (Lipinski definition) is 4. The predicted octanol–water partition coefficient (Wildman–Crippen LogP) is 0.872. The molecule has 0 fully saturated rings. The molecule has 0 amide bonds. The van der Waals surface area contributed by atoms with Crippen LogP contribution in [-0.2, 0) is 4.74 Å². The maximum absolute atomic E-state index is 10.8. The van der Waals surface area contributed by atoms with Gasteiger partial charge in [-0.05, 0) is 12.1 Å². The second kappa shape index (κ2) is 4.56. The minimum atomic E-state index is -0.475. The minimum absolute atomic E-state index is 0. The molecule has 0 saturated heterocycles. The summed E-state index contributed by atoms with van der Waals surface area (Å²) >= 11 is 0. The number of rotatable bonds is 1. The Labute approximate surface area is 76.1 Å². The highest BCUT2D eigenvalue weighted by molar-refractivity contribution is 5.87. The summed E-state index contributed by atoms with van der Waals surface area (Å²) in [4.78, 5) is 14.6. The zero-order valence-corrected chi connectivity index (χ0v) is 7.30. The SMILES string of the molecule is COC(=O)c1cccc(N)n1.Cl. The van der Waals surface area contributed by atoms with Gasteiger partial charge in [0, 0.05) is 0 Å². The Bertz CT molecular complexity index is 278. The summed E-state index contributed by atoms with van der Waals surface area (Å²) in [6, 6.07) is 4.79. The molecule has 2 N–H and O–H groups in total. The van der Waals surface area contributed by atoms with Gasteiger partial charge in [-0.1, -0.05) is 6.07 Å². The number of nitrogen functional groups attached to an aromatic ring is 1. The van der Waals surface area contributed by atoms with Crippen LogP contribution in [0.25, 0.3) is 0 Å². The first-order valence-electron chi connectivity index (χ1n) is 3.05. The largest absolute Gasteiger partial charge is 0.464 e. The van der Waals surface area contributed by atoms with Crippen molar-refractivity contribution in [1.29, 1.82) is 0 Å². The molecule has 1 heterocycles. The summed E-state index contributed by atoms with van der Waals surface area (Å²) in [5.74, 6) is -0.162. The first-order chi connectivity index (χ1) is 5.24. The molecule has 0 aliphatic rings. The summed E-state index contributed by atoms with van der Waals surface area (Å²) in [5, 5.41) is 0. The lowest BCUT2D eigenvalue weighted by Gasteiger charge is -1.97. The molecule has 0 spiro atoms. The van der Waals surface area contributed by atoms with Gasteiger partial charge in [0.15, 0.2) is 5.69 Å². The number of hydrogen-bond donors (Lipinski definition) is 1. The van der Waals surface area contributed by atoms with Crippen molar-refractivity contribution >= 4 is 24.2 Å². The Kier molecular flexibility index (Phi) is 4.07. The van der Waals surface area contributed by atoms with Crippen molar-refractivity contribution in [1.82, 2.24) is 4.98 Å². The van der Waals surface area contributed by atoms with Crippen LogP contribution in [0.4, 0.5) is 5.82 Å². The number of pyridine rings is 1. The van der Waals surface area contributed by atoms with E-state index in [1.165, 1.54) is 7.11 Å². The lowest BCUT2D eigenvalue weighted by atomic mass is 10.3. The van der Waals surface area contributed by atoms with Crippen molar-refractivity contribution in [3.63, 3.8) is 0 Å². The summed E-state index contributed by atoms with van der Waals surface area (Å²) in [5.41, 5.74) is 5.56. The Hall–Kier alpha value is -1.29. The highest BCUT2D eigenvalue weighted by atomic mass is 35.5. The van der Waals surface area contributed by atoms with Gasteiger partial charge in [-0.25, -0.2) is 9.78 Å². The molecule has 0 radical (unpaired) electrons. The quantitative estimate of drug-likeness (QED) is 0.665. The predicted molar refractivity (Wildman–Crippen MR) is 47.2 cm³/mol. The topological polar surface area (TPSA) is 65.2 Å². The van der Waals surface area contributed by atoms with Crippen molar-refractivity contribution in [2.24, 2.45) is 0 Å². The number of esters is 1. The van der Waals surface area contributed by atoms with Crippen molar-refractivity contribution in [2.45, 2.75) is 0 Å². The van der Waals surface area contributed by atoms with E-state index in [0.29, 0.717) is 5.82 Å². The van der Waals surface area contributed by atoms with Crippen LogP contribution in [0.3, 0.4) is 0 Å². The number of aromatic nitrogens is 1. The van der Waals surface area contributed by atoms with E-state index >= 15 is 0 Å². The molecule has 4 nitrogen and oxygen atoms in total. The maximum Gasteiger partial charge on any atom is 0.356 e. The van der Waals surface area contributed by atoms with Crippen LogP contribution < -0.4 is 5.73 Å². The zero-order chi connectivity index (χ0) is 8.27. The fraction of sp³-hybridized carbons (Fsp3) is 0.143.